The summed E-state index contributed by atoms with van der Waals surface area (Å²) in [5.74, 6) is 0.327. The number of hydrogen-bond donors (Lipinski definition) is 0. The lowest BCUT2D eigenvalue weighted by Crippen LogP contribution is -2.08. The van der Waals surface area contributed by atoms with Crippen molar-refractivity contribution in [1.29, 1.82) is 0 Å². The van der Waals surface area contributed by atoms with Crippen molar-refractivity contribution in [3.8, 4) is 0 Å². The van der Waals surface area contributed by atoms with Gasteiger partial charge in [0.1, 0.15) is 5.78 Å². The SMILES string of the molecule is CC(=O)CC1(C)CC1(C)C. The predicted molar refractivity (Wildman–Crippen MR) is 41.8 cm³/mol. The summed E-state index contributed by atoms with van der Waals surface area (Å²) < 4.78 is 0. The molecule has 1 atom stereocenters. The van der Waals surface area contributed by atoms with Gasteiger partial charge in [-0.15, -0.1) is 0 Å². The quantitative estimate of drug-likeness (QED) is 0.575. The van der Waals surface area contributed by atoms with E-state index in [1.807, 2.05) is 0 Å². The molecule has 1 saturated carbocycles. The normalized spacial score (nSPS) is 35.6. The molecule has 1 nitrogen and oxygen atoms in total. The van der Waals surface area contributed by atoms with Gasteiger partial charge in [-0.05, 0) is 24.2 Å². The highest BCUT2D eigenvalue weighted by Crippen LogP contribution is 2.65. The number of Topliss-reactive ketones (excluding diaryl/α,β-unsaturated/α-hetero) is 1. The van der Waals surface area contributed by atoms with Crippen LogP contribution >= 0.6 is 0 Å². The maximum absolute atomic E-state index is 10.8. The Kier molecular flexibility index (Phi) is 1.43. The van der Waals surface area contributed by atoms with Gasteiger partial charge in [-0.3, -0.25) is 0 Å². The predicted octanol–water partition coefficient (Wildman–Crippen LogP) is 2.40. The first-order chi connectivity index (χ1) is 4.37. The van der Waals surface area contributed by atoms with Crippen LogP contribution in [0.2, 0.25) is 0 Å². The zero-order valence-corrected chi connectivity index (χ0v) is 7.32. The van der Waals surface area contributed by atoms with E-state index in [9.17, 15) is 4.79 Å². The number of carbonyl (C=O) groups excluding carboxylic acids is 1. The Morgan fingerprint density at radius 1 is 1.40 bits per heavy atom. The van der Waals surface area contributed by atoms with E-state index < -0.39 is 0 Å². The summed E-state index contributed by atoms with van der Waals surface area (Å²) in [5.41, 5.74) is 0.734. The van der Waals surface area contributed by atoms with Crippen LogP contribution in [-0.4, -0.2) is 5.78 Å². The van der Waals surface area contributed by atoms with Crippen LogP contribution in [0.1, 0.15) is 40.5 Å². The van der Waals surface area contributed by atoms with Gasteiger partial charge in [0.25, 0.3) is 0 Å². The molecule has 0 aliphatic heterocycles. The smallest absolute Gasteiger partial charge is 0.130 e. The second-order valence-corrected chi connectivity index (χ2v) is 4.50. The van der Waals surface area contributed by atoms with Crippen LogP contribution in [0.4, 0.5) is 0 Å². The third-order valence-corrected chi connectivity index (χ3v) is 2.98. The van der Waals surface area contributed by atoms with Crippen LogP contribution in [-0.2, 0) is 4.79 Å². The maximum atomic E-state index is 10.8. The van der Waals surface area contributed by atoms with Crippen LogP contribution in [0, 0.1) is 10.8 Å². The van der Waals surface area contributed by atoms with Gasteiger partial charge in [0.15, 0.2) is 0 Å². The Labute approximate surface area is 62.8 Å². The van der Waals surface area contributed by atoms with E-state index in [-0.39, 0.29) is 0 Å². The number of ketones is 1. The summed E-state index contributed by atoms with van der Waals surface area (Å²) in [4.78, 5) is 10.8. The molecule has 0 aromatic carbocycles. The molecule has 1 aliphatic carbocycles. The van der Waals surface area contributed by atoms with Crippen LogP contribution in [0.15, 0.2) is 0 Å². The minimum Gasteiger partial charge on any atom is -0.300 e. The second-order valence-electron chi connectivity index (χ2n) is 4.50. The summed E-state index contributed by atoms with van der Waals surface area (Å²) in [5, 5.41) is 0. The van der Waals surface area contributed by atoms with E-state index in [0.717, 1.165) is 6.42 Å². The summed E-state index contributed by atoms with van der Waals surface area (Å²) >= 11 is 0. The van der Waals surface area contributed by atoms with E-state index in [0.29, 0.717) is 16.6 Å². The van der Waals surface area contributed by atoms with Crippen LogP contribution in [0.25, 0.3) is 0 Å². The molecule has 0 bridgehead atoms. The van der Waals surface area contributed by atoms with E-state index in [1.165, 1.54) is 6.42 Å². The summed E-state index contributed by atoms with van der Waals surface area (Å²) in [6.07, 6.45) is 1.97. The lowest BCUT2D eigenvalue weighted by molar-refractivity contribution is -0.118. The minimum absolute atomic E-state index is 0.318. The first kappa shape index (κ1) is 7.77. The summed E-state index contributed by atoms with van der Waals surface area (Å²) in [6.45, 7) is 8.35. The second kappa shape index (κ2) is 1.84. The van der Waals surface area contributed by atoms with E-state index in [2.05, 4.69) is 20.8 Å². The van der Waals surface area contributed by atoms with Gasteiger partial charge in [0, 0.05) is 6.42 Å². The number of rotatable bonds is 2. The Morgan fingerprint density at radius 2 is 1.80 bits per heavy atom. The average molecular weight is 140 g/mol. The van der Waals surface area contributed by atoms with Gasteiger partial charge in [0.05, 0.1) is 0 Å². The molecule has 0 amide bonds. The standard InChI is InChI=1S/C9H16O/c1-7(10)5-9(4)6-8(9,2)3/h5-6H2,1-4H3. The van der Waals surface area contributed by atoms with Gasteiger partial charge in [-0.2, -0.15) is 0 Å². The molecule has 1 unspecified atom stereocenters. The van der Waals surface area contributed by atoms with Crippen molar-refractivity contribution in [3.63, 3.8) is 0 Å². The topological polar surface area (TPSA) is 17.1 Å². The molecule has 10 heavy (non-hydrogen) atoms. The van der Waals surface area contributed by atoms with E-state index >= 15 is 0 Å². The van der Waals surface area contributed by atoms with Crippen LogP contribution in [0.5, 0.6) is 0 Å². The number of carbonyl (C=O) groups is 1. The number of hydrogen-bond acceptors (Lipinski definition) is 1. The van der Waals surface area contributed by atoms with Crippen molar-refractivity contribution in [3.05, 3.63) is 0 Å². The zero-order valence-electron chi connectivity index (χ0n) is 7.32. The molecule has 0 aromatic rings. The summed E-state index contributed by atoms with van der Waals surface area (Å²) in [6, 6.07) is 0. The Balaban J connectivity index is 2.52. The van der Waals surface area contributed by atoms with Gasteiger partial charge >= 0.3 is 0 Å². The molecule has 1 heteroatoms. The fraction of sp³-hybridized carbons (Fsp3) is 0.889. The molecule has 0 aromatic heterocycles. The molecule has 0 saturated heterocycles. The van der Waals surface area contributed by atoms with Crippen molar-refractivity contribution in [2.75, 3.05) is 0 Å². The lowest BCUT2D eigenvalue weighted by atomic mass is 9.93. The highest BCUT2D eigenvalue weighted by atomic mass is 16.1. The van der Waals surface area contributed by atoms with Crippen molar-refractivity contribution < 1.29 is 4.79 Å². The Morgan fingerprint density at radius 3 is 1.90 bits per heavy atom. The minimum atomic E-state index is 0.318. The molecule has 1 fully saturated rings. The van der Waals surface area contributed by atoms with Crippen molar-refractivity contribution in [2.45, 2.75) is 40.5 Å². The van der Waals surface area contributed by atoms with Crippen LogP contribution in [0.3, 0.4) is 0 Å². The van der Waals surface area contributed by atoms with Crippen LogP contribution < -0.4 is 0 Å². The first-order valence-electron chi connectivity index (χ1n) is 3.87. The zero-order chi connectivity index (χ0) is 7.99. The van der Waals surface area contributed by atoms with Gasteiger partial charge in [-0.25, -0.2) is 0 Å². The lowest BCUT2D eigenvalue weighted by Gasteiger charge is -2.11. The Hall–Kier alpha value is -0.330. The molecule has 1 aliphatic rings. The molecule has 0 heterocycles. The largest absolute Gasteiger partial charge is 0.300 e. The van der Waals surface area contributed by atoms with Crippen molar-refractivity contribution in [2.24, 2.45) is 10.8 Å². The highest BCUT2D eigenvalue weighted by molar-refractivity contribution is 5.76. The first-order valence-corrected chi connectivity index (χ1v) is 3.87. The van der Waals surface area contributed by atoms with Crippen molar-refractivity contribution in [1.82, 2.24) is 0 Å². The molecule has 0 radical (unpaired) electrons. The molecule has 0 N–H and O–H groups in total. The molecule has 1 rings (SSSR count). The third-order valence-electron chi connectivity index (χ3n) is 2.98. The fourth-order valence-electron chi connectivity index (χ4n) is 1.78. The van der Waals surface area contributed by atoms with Crippen molar-refractivity contribution >= 4 is 5.78 Å². The van der Waals surface area contributed by atoms with E-state index in [4.69, 9.17) is 0 Å². The highest BCUT2D eigenvalue weighted by Gasteiger charge is 2.57. The maximum Gasteiger partial charge on any atom is 0.130 e. The molecule has 58 valence electrons. The summed E-state index contributed by atoms with van der Waals surface area (Å²) in [7, 11) is 0. The fourth-order valence-corrected chi connectivity index (χ4v) is 1.78. The Bertz CT molecular complexity index is 170. The monoisotopic (exact) mass is 140 g/mol. The van der Waals surface area contributed by atoms with E-state index in [1.54, 1.807) is 6.92 Å². The van der Waals surface area contributed by atoms with Gasteiger partial charge in [0.2, 0.25) is 0 Å². The average Bonchev–Trinajstić information content (AvgIpc) is 2.01. The molecular formula is C9H16O. The molecular weight excluding hydrogens is 124 g/mol. The third kappa shape index (κ3) is 1.09. The molecule has 0 spiro atoms. The van der Waals surface area contributed by atoms with Gasteiger partial charge < -0.3 is 4.79 Å². The van der Waals surface area contributed by atoms with Gasteiger partial charge in [-0.1, -0.05) is 20.8 Å².